The van der Waals surface area contributed by atoms with Crippen LogP contribution in [-0.2, 0) is 0 Å². The summed E-state index contributed by atoms with van der Waals surface area (Å²) in [6, 6.07) is 0. The van der Waals surface area contributed by atoms with Gasteiger partial charge in [0.1, 0.15) is 0 Å². The maximum atomic E-state index is 2.25. The molecule has 0 aliphatic rings. The molecule has 1 heteroatoms. The molecule has 0 aromatic rings. The lowest BCUT2D eigenvalue weighted by Gasteiger charge is -1.90. The maximum absolute atomic E-state index is 2.25. The minimum absolute atomic E-state index is 1.28. The minimum Gasteiger partial charge on any atom is -0.161 e. The van der Waals surface area contributed by atoms with Crippen molar-refractivity contribution in [2.75, 3.05) is 6.26 Å². The van der Waals surface area contributed by atoms with Gasteiger partial charge in [0, 0.05) is 5.75 Å². The van der Waals surface area contributed by atoms with Gasteiger partial charge >= 0.3 is 0 Å². The average Bonchev–Trinajstić information content (AvgIpc) is 1.69. The molecule has 0 spiro atoms. The second kappa shape index (κ2) is 6.35. The summed E-state index contributed by atoms with van der Waals surface area (Å²) in [6.07, 6.45) is 6.05. The summed E-state index contributed by atoms with van der Waals surface area (Å²) in [5, 5.41) is 0. The van der Waals surface area contributed by atoms with Crippen LogP contribution >= 0.6 is 11.8 Å². The predicted octanol–water partition coefficient (Wildman–Crippen LogP) is 2.70. The molecule has 0 amide bonds. The molecule has 0 N–H and O–H groups in total. The van der Waals surface area contributed by atoms with Crippen LogP contribution in [0.4, 0.5) is 0 Å². The zero-order chi connectivity index (χ0) is 5.54. The number of rotatable bonds is 4. The van der Waals surface area contributed by atoms with E-state index in [1.165, 1.54) is 19.3 Å². The van der Waals surface area contributed by atoms with Crippen molar-refractivity contribution in [3.8, 4) is 0 Å². The van der Waals surface area contributed by atoms with Crippen LogP contribution in [0.5, 0.6) is 0 Å². The molecule has 43 valence electrons. The van der Waals surface area contributed by atoms with Crippen LogP contribution in [0.2, 0.25) is 0 Å². The Hall–Kier alpha value is 0.350. The fourth-order valence-corrected chi connectivity index (χ4v) is 0.808. The van der Waals surface area contributed by atoms with Crippen LogP contribution in [0.1, 0.15) is 26.2 Å². The molecule has 1 radical (unpaired) electrons. The molecule has 0 saturated heterocycles. The van der Waals surface area contributed by atoms with E-state index in [1.807, 2.05) is 11.8 Å². The summed E-state index contributed by atoms with van der Waals surface area (Å²) < 4.78 is 0. The SMILES string of the molecule is CCCC[CH]SC. The molecule has 0 heterocycles. The summed E-state index contributed by atoms with van der Waals surface area (Å²) in [5.41, 5.74) is 0. The van der Waals surface area contributed by atoms with Crippen molar-refractivity contribution < 1.29 is 0 Å². The molecule has 0 aliphatic heterocycles. The van der Waals surface area contributed by atoms with Crippen molar-refractivity contribution in [2.24, 2.45) is 0 Å². The van der Waals surface area contributed by atoms with E-state index in [0.29, 0.717) is 0 Å². The zero-order valence-corrected chi connectivity index (χ0v) is 5.92. The van der Waals surface area contributed by atoms with Crippen LogP contribution < -0.4 is 0 Å². The number of unbranched alkanes of at least 4 members (excludes halogenated alkanes) is 2. The van der Waals surface area contributed by atoms with Crippen molar-refractivity contribution in [1.29, 1.82) is 0 Å². The number of hydrogen-bond acceptors (Lipinski definition) is 1. The Morgan fingerprint density at radius 2 is 2.29 bits per heavy atom. The normalized spacial score (nSPS) is 9.43. The van der Waals surface area contributed by atoms with Gasteiger partial charge in [0.05, 0.1) is 0 Å². The Kier molecular flexibility index (Phi) is 6.67. The highest BCUT2D eigenvalue weighted by Gasteiger charge is 1.80. The van der Waals surface area contributed by atoms with E-state index in [-0.39, 0.29) is 0 Å². The fraction of sp³-hybridized carbons (Fsp3) is 0.833. The molecule has 7 heavy (non-hydrogen) atoms. The molecule has 0 aromatic heterocycles. The van der Waals surface area contributed by atoms with Crippen molar-refractivity contribution in [3.05, 3.63) is 5.75 Å². The topological polar surface area (TPSA) is 0 Å². The molecule has 0 unspecified atom stereocenters. The Bertz CT molecular complexity index is 23.4. The van der Waals surface area contributed by atoms with E-state index in [0.717, 1.165) is 0 Å². The molecule has 0 aromatic carbocycles. The molecule has 0 fully saturated rings. The average molecular weight is 117 g/mol. The summed E-state index contributed by atoms with van der Waals surface area (Å²) in [7, 11) is 0. The first-order valence-corrected chi connectivity index (χ1v) is 4.05. The van der Waals surface area contributed by atoms with Gasteiger partial charge in [0.25, 0.3) is 0 Å². The van der Waals surface area contributed by atoms with Gasteiger partial charge in [-0.05, 0) is 12.7 Å². The van der Waals surface area contributed by atoms with Crippen LogP contribution in [0.15, 0.2) is 0 Å². The van der Waals surface area contributed by atoms with E-state index >= 15 is 0 Å². The second-order valence-electron chi connectivity index (χ2n) is 1.54. The molecular formula is C6H13S. The van der Waals surface area contributed by atoms with E-state index < -0.39 is 0 Å². The first kappa shape index (κ1) is 7.35. The summed E-state index contributed by atoms with van der Waals surface area (Å²) in [5.74, 6) is 2.25. The highest BCUT2D eigenvalue weighted by molar-refractivity contribution is 8.00. The maximum Gasteiger partial charge on any atom is 0.0163 e. The largest absolute Gasteiger partial charge is 0.161 e. The van der Waals surface area contributed by atoms with E-state index in [1.54, 1.807) is 0 Å². The lowest BCUT2D eigenvalue weighted by molar-refractivity contribution is 0.806. The standard InChI is InChI=1S/C6H13S/c1-3-4-5-6-7-2/h6H,3-5H2,1-2H3. The molecule has 0 saturated carbocycles. The Morgan fingerprint density at radius 3 is 2.71 bits per heavy atom. The van der Waals surface area contributed by atoms with Crippen LogP contribution in [-0.4, -0.2) is 6.26 Å². The van der Waals surface area contributed by atoms with E-state index in [2.05, 4.69) is 18.9 Å². The number of hydrogen-bond donors (Lipinski definition) is 0. The van der Waals surface area contributed by atoms with Gasteiger partial charge in [0.15, 0.2) is 0 Å². The Labute approximate surface area is 50.7 Å². The summed E-state index contributed by atoms with van der Waals surface area (Å²) in [4.78, 5) is 0. The quantitative estimate of drug-likeness (QED) is 0.510. The van der Waals surface area contributed by atoms with E-state index in [4.69, 9.17) is 0 Å². The van der Waals surface area contributed by atoms with Gasteiger partial charge in [-0.25, -0.2) is 0 Å². The first-order chi connectivity index (χ1) is 3.41. The third-order valence-corrected chi connectivity index (χ3v) is 1.41. The molecule has 0 atom stereocenters. The van der Waals surface area contributed by atoms with Gasteiger partial charge in [-0.2, -0.15) is 11.8 Å². The number of thioether (sulfide) groups is 1. The van der Waals surface area contributed by atoms with Crippen molar-refractivity contribution >= 4 is 11.8 Å². The second-order valence-corrected chi connectivity index (χ2v) is 2.35. The molecular weight excluding hydrogens is 104 g/mol. The smallest absolute Gasteiger partial charge is 0.0163 e. The van der Waals surface area contributed by atoms with Crippen molar-refractivity contribution in [1.82, 2.24) is 0 Å². The van der Waals surface area contributed by atoms with Crippen molar-refractivity contribution in [2.45, 2.75) is 26.2 Å². The highest BCUT2D eigenvalue weighted by Crippen LogP contribution is 2.06. The zero-order valence-electron chi connectivity index (χ0n) is 5.11. The van der Waals surface area contributed by atoms with Crippen LogP contribution in [0, 0.1) is 5.75 Å². The minimum atomic E-state index is 1.28. The lowest BCUT2D eigenvalue weighted by Crippen LogP contribution is -1.68. The lowest BCUT2D eigenvalue weighted by atomic mass is 10.3. The third kappa shape index (κ3) is 6.35. The van der Waals surface area contributed by atoms with Gasteiger partial charge < -0.3 is 0 Å². The Balaban J connectivity index is 2.45. The van der Waals surface area contributed by atoms with Crippen molar-refractivity contribution in [3.63, 3.8) is 0 Å². The fourth-order valence-electron chi connectivity index (χ4n) is 0.405. The van der Waals surface area contributed by atoms with E-state index in [9.17, 15) is 0 Å². The van der Waals surface area contributed by atoms with Crippen LogP contribution in [0.3, 0.4) is 0 Å². The third-order valence-electron chi connectivity index (χ3n) is 0.842. The molecule has 0 bridgehead atoms. The highest BCUT2D eigenvalue weighted by atomic mass is 32.2. The Morgan fingerprint density at radius 1 is 1.57 bits per heavy atom. The first-order valence-electron chi connectivity index (χ1n) is 2.76. The monoisotopic (exact) mass is 117 g/mol. The molecule has 0 aliphatic carbocycles. The van der Waals surface area contributed by atoms with Gasteiger partial charge in [0.2, 0.25) is 0 Å². The van der Waals surface area contributed by atoms with Gasteiger partial charge in [-0.3, -0.25) is 0 Å². The molecule has 0 rings (SSSR count). The van der Waals surface area contributed by atoms with Gasteiger partial charge in [-0.1, -0.05) is 19.8 Å². The predicted molar refractivity (Wildman–Crippen MR) is 37.3 cm³/mol. The summed E-state index contributed by atoms with van der Waals surface area (Å²) in [6.45, 7) is 2.22. The summed E-state index contributed by atoms with van der Waals surface area (Å²) >= 11 is 1.82. The van der Waals surface area contributed by atoms with Crippen LogP contribution in [0.25, 0.3) is 0 Å². The van der Waals surface area contributed by atoms with Gasteiger partial charge in [-0.15, -0.1) is 0 Å². The molecule has 0 nitrogen and oxygen atoms in total.